The quantitative estimate of drug-likeness (QED) is 0.874. The lowest BCUT2D eigenvalue weighted by molar-refractivity contribution is 0.0832. The fraction of sp³-hybridized carbons (Fsp3) is 0.368. The molecule has 0 spiro atoms. The number of fused-ring (bicyclic) bond motifs is 1. The van der Waals surface area contributed by atoms with E-state index in [1.165, 1.54) is 0 Å². The molecule has 6 heteroatoms. The number of aromatic hydroxyl groups is 1. The predicted octanol–water partition coefficient (Wildman–Crippen LogP) is 2.78. The van der Waals surface area contributed by atoms with Crippen LogP contribution in [0.2, 0.25) is 0 Å². The molecular formula is C19H21NO5. The maximum Gasteiger partial charge on any atom is 0.174 e. The van der Waals surface area contributed by atoms with Crippen LogP contribution in [-0.4, -0.2) is 42.9 Å². The zero-order valence-electron chi connectivity index (χ0n) is 14.4. The van der Waals surface area contributed by atoms with Gasteiger partial charge in [-0.05, 0) is 31.2 Å². The van der Waals surface area contributed by atoms with Gasteiger partial charge >= 0.3 is 0 Å². The van der Waals surface area contributed by atoms with Gasteiger partial charge in [0.1, 0.15) is 5.75 Å². The summed E-state index contributed by atoms with van der Waals surface area (Å²) in [5.41, 5.74) is 2.62. The number of likely N-dealkylation sites (N-methyl/N-ethyl adjacent to an activating group) is 1. The number of ether oxygens (including phenoxy) is 3. The first-order valence-electron chi connectivity index (χ1n) is 8.20. The minimum absolute atomic E-state index is 0.000138. The number of phenols is 1. The molecule has 0 saturated heterocycles. The van der Waals surface area contributed by atoms with Crippen molar-refractivity contribution in [2.24, 2.45) is 0 Å². The summed E-state index contributed by atoms with van der Waals surface area (Å²) in [6.45, 7) is 0.532. The van der Waals surface area contributed by atoms with Gasteiger partial charge in [-0.15, -0.1) is 0 Å². The Balaban J connectivity index is 1.93. The lowest BCUT2D eigenvalue weighted by Gasteiger charge is -2.37. The van der Waals surface area contributed by atoms with Crippen LogP contribution >= 0.6 is 0 Å². The molecule has 25 heavy (non-hydrogen) atoms. The Morgan fingerprint density at radius 1 is 1.16 bits per heavy atom. The van der Waals surface area contributed by atoms with Crippen molar-refractivity contribution in [1.82, 2.24) is 4.90 Å². The second-order valence-corrected chi connectivity index (χ2v) is 6.51. The third kappa shape index (κ3) is 2.41. The summed E-state index contributed by atoms with van der Waals surface area (Å²) in [7, 11) is 5.14. The molecule has 0 saturated carbocycles. The molecule has 2 aromatic carbocycles. The molecule has 2 heterocycles. The maximum atomic E-state index is 10.4. The zero-order valence-corrected chi connectivity index (χ0v) is 14.4. The molecule has 0 aliphatic carbocycles. The molecule has 2 N–H and O–H groups in total. The molecule has 6 nitrogen and oxygen atoms in total. The first kappa shape index (κ1) is 16.1. The molecule has 0 aromatic heterocycles. The minimum Gasteiger partial charge on any atom is -0.504 e. The van der Waals surface area contributed by atoms with Crippen LogP contribution in [0.25, 0.3) is 0 Å². The van der Waals surface area contributed by atoms with E-state index in [4.69, 9.17) is 14.2 Å². The number of aliphatic hydroxyl groups excluding tert-OH is 1. The summed E-state index contributed by atoms with van der Waals surface area (Å²) in [5, 5.41) is 20.8. The monoisotopic (exact) mass is 343 g/mol. The third-order valence-electron chi connectivity index (χ3n) is 5.09. The molecule has 2 aliphatic heterocycles. The Morgan fingerprint density at radius 2 is 1.88 bits per heavy atom. The van der Waals surface area contributed by atoms with Crippen molar-refractivity contribution in [2.75, 3.05) is 27.8 Å². The fourth-order valence-corrected chi connectivity index (χ4v) is 3.80. The highest BCUT2D eigenvalue weighted by Crippen LogP contribution is 2.51. The number of methoxy groups -OCH3 is 2. The summed E-state index contributed by atoms with van der Waals surface area (Å²) in [6.07, 6.45) is 0.0759. The lowest BCUT2D eigenvalue weighted by atomic mass is 9.87. The van der Waals surface area contributed by atoms with Crippen molar-refractivity contribution in [2.45, 2.75) is 18.6 Å². The fourth-order valence-electron chi connectivity index (χ4n) is 3.80. The number of rotatable bonds is 2. The molecule has 0 radical (unpaired) electrons. The highest BCUT2D eigenvalue weighted by molar-refractivity contribution is 5.60. The molecule has 0 unspecified atom stereocenters. The number of phenolic OH excluding ortho intramolecular Hbond substituents is 1. The largest absolute Gasteiger partial charge is 0.504 e. The van der Waals surface area contributed by atoms with Crippen LogP contribution in [-0.2, 0) is 6.42 Å². The van der Waals surface area contributed by atoms with E-state index in [1.54, 1.807) is 32.4 Å². The average Bonchev–Trinajstić information content (AvgIpc) is 2.77. The molecule has 0 amide bonds. The highest BCUT2D eigenvalue weighted by atomic mass is 16.5. The number of nitrogens with zero attached hydrogens (tertiary/aromatic N) is 1. The number of benzene rings is 2. The smallest absolute Gasteiger partial charge is 0.174 e. The molecule has 4 rings (SSSR count). The van der Waals surface area contributed by atoms with Gasteiger partial charge in [0.25, 0.3) is 0 Å². The second-order valence-electron chi connectivity index (χ2n) is 6.51. The molecule has 0 fully saturated rings. The summed E-state index contributed by atoms with van der Waals surface area (Å²) in [4.78, 5) is 2.09. The van der Waals surface area contributed by atoms with Crippen molar-refractivity contribution < 1.29 is 24.4 Å². The van der Waals surface area contributed by atoms with Crippen LogP contribution in [0.3, 0.4) is 0 Å². The van der Waals surface area contributed by atoms with Crippen LogP contribution in [0.15, 0.2) is 24.3 Å². The van der Waals surface area contributed by atoms with Crippen LogP contribution in [0, 0.1) is 0 Å². The van der Waals surface area contributed by atoms with Crippen LogP contribution in [0.4, 0.5) is 0 Å². The van der Waals surface area contributed by atoms with E-state index < -0.39 is 6.10 Å². The van der Waals surface area contributed by atoms with Gasteiger partial charge in [-0.3, -0.25) is 4.90 Å². The third-order valence-corrected chi connectivity index (χ3v) is 5.09. The second kappa shape index (κ2) is 5.82. The first-order valence-corrected chi connectivity index (χ1v) is 8.20. The minimum atomic E-state index is -0.607. The first-order chi connectivity index (χ1) is 12.0. The van der Waals surface area contributed by atoms with E-state index >= 15 is 0 Å². The van der Waals surface area contributed by atoms with Crippen molar-refractivity contribution >= 4 is 0 Å². The number of β-amino-alcohol motifs (C(OH)–C–C–N with tert-alkyl or cyclic N) is 1. The van der Waals surface area contributed by atoms with E-state index in [1.807, 2.05) is 13.1 Å². The average molecular weight is 343 g/mol. The zero-order chi connectivity index (χ0) is 17.7. The summed E-state index contributed by atoms with van der Waals surface area (Å²) < 4.78 is 16.9. The maximum absolute atomic E-state index is 10.4. The van der Waals surface area contributed by atoms with Gasteiger partial charge in [0.15, 0.2) is 23.0 Å². The van der Waals surface area contributed by atoms with E-state index in [-0.39, 0.29) is 11.8 Å². The molecular weight excluding hydrogens is 322 g/mol. The summed E-state index contributed by atoms with van der Waals surface area (Å²) in [5.74, 6) is 2.30. The number of hydrogen-bond acceptors (Lipinski definition) is 6. The molecule has 0 bridgehead atoms. The van der Waals surface area contributed by atoms with Gasteiger partial charge in [-0.25, -0.2) is 0 Å². The van der Waals surface area contributed by atoms with Crippen molar-refractivity contribution in [3.63, 3.8) is 0 Å². The highest BCUT2D eigenvalue weighted by Gasteiger charge is 2.37. The van der Waals surface area contributed by atoms with E-state index in [2.05, 4.69) is 4.90 Å². The normalized spacial score (nSPS) is 21.6. The summed E-state index contributed by atoms with van der Waals surface area (Å²) >= 11 is 0. The number of aliphatic hydroxyl groups is 1. The number of hydrogen-bond donors (Lipinski definition) is 2. The van der Waals surface area contributed by atoms with E-state index in [9.17, 15) is 10.2 Å². The van der Waals surface area contributed by atoms with Crippen LogP contribution in [0.1, 0.15) is 28.8 Å². The van der Waals surface area contributed by atoms with Crippen molar-refractivity contribution in [3.05, 3.63) is 41.0 Å². The Bertz CT molecular complexity index is 835. The van der Waals surface area contributed by atoms with Gasteiger partial charge in [0.2, 0.25) is 0 Å². The van der Waals surface area contributed by atoms with Gasteiger partial charge in [0.05, 0.1) is 20.3 Å². The Hall–Kier alpha value is -2.44. The Kier molecular flexibility index (Phi) is 3.74. The van der Waals surface area contributed by atoms with E-state index in [0.29, 0.717) is 36.0 Å². The van der Waals surface area contributed by atoms with Gasteiger partial charge in [0, 0.05) is 29.8 Å². The van der Waals surface area contributed by atoms with Gasteiger partial charge in [-0.2, -0.15) is 0 Å². The lowest BCUT2D eigenvalue weighted by Crippen LogP contribution is -2.35. The Labute approximate surface area is 146 Å². The topological polar surface area (TPSA) is 71.4 Å². The molecule has 2 aromatic rings. The van der Waals surface area contributed by atoms with Crippen LogP contribution in [0.5, 0.6) is 28.7 Å². The van der Waals surface area contributed by atoms with Gasteiger partial charge < -0.3 is 24.4 Å². The van der Waals surface area contributed by atoms with Gasteiger partial charge in [-0.1, -0.05) is 6.07 Å². The standard InChI is InChI=1S/C19H21NO5/c1-20-9-14(22)11-4-5-13(21)19-18(11)12(20)6-10-7-16(23-2)17(24-3)8-15(10)25-19/h4-5,7-8,12,14,21-22H,6,9H2,1-3H3/t12-,14-/m0/s1. The van der Waals surface area contributed by atoms with E-state index in [0.717, 1.165) is 16.7 Å². The van der Waals surface area contributed by atoms with Crippen molar-refractivity contribution in [3.8, 4) is 28.7 Å². The molecule has 132 valence electrons. The SMILES string of the molecule is COc1cc2c(cc1OC)Oc1c(O)ccc3c1[C@H](C2)N(C)C[C@@H]3O. The van der Waals surface area contributed by atoms with Crippen LogP contribution < -0.4 is 14.2 Å². The van der Waals surface area contributed by atoms with Crippen molar-refractivity contribution in [1.29, 1.82) is 0 Å². The molecule has 2 atom stereocenters. The predicted molar refractivity (Wildman–Crippen MR) is 91.8 cm³/mol. The molecule has 2 aliphatic rings. The Morgan fingerprint density at radius 3 is 2.60 bits per heavy atom. The summed E-state index contributed by atoms with van der Waals surface area (Å²) in [6, 6.07) is 7.04.